The molecule has 0 amide bonds. The van der Waals surface area contributed by atoms with Crippen LogP contribution in [0.15, 0.2) is 24.3 Å². The fourth-order valence-electron chi connectivity index (χ4n) is 1.60. The molecule has 0 aliphatic heterocycles. The van der Waals surface area contributed by atoms with Gasteiger partial charge in [0.05, 0.1) is 6.61 Å². The first-order valence-corrected chi connectivity index (χ1v) is 6.89. The zero-order valence-electron chi connectivity index (χ0n) is 10.4. The number of nitrogen functional groups attached to an aromatic ring is 1. The van der Waals surface area contributed by atoms with E-state index in [-0.39, 0.29) is 0 Å². The maximum atomic E-state index is 5.66. The fraction of sp³-hybridized carbons (Fsp3) is 0.385. The molecular formula is C13H17N3OS. The molecule has 0 bridgehead atoms. The van der Waals surface area contributed by atoms with Gasteiger partial charge in [-0.25, -0.2) is 0 Å². The lowest BCUT2D eigenvalue weighted by Crippen LogP contribution is -1.99. The van der Waals surface area contributed by atoms with Crippen LogP contribution in [0, 0.1) is 0 Å². The van der Waals surface area contributed by atoms with Crippen LogP contribution < -0.4 is 10.5 Å². The third-order valence-electron chi connectivity index (χ3n) is 2.62. The lowest BCUT2D eigenvalue weighted by molar-refractivity contribution is 0.311. The third kappa shape index (κ3) is 3.70. The zero-order valence-corrected chi connectivity index (χ0v) is 11.2. The topological polar surface area (TPSA) is 61.0 Å². The average Bonchev–Trinajstić information content (AvgIpc) is 2.81. The number of nitrogens with two attached hydrogens (primary N) is 1. The number of ether oxygens (including phenoxy) is 1. The first-order chi connectivity index (χ1) is 8.78. The quantitative estimate of drug-likeness (QED) is 0.814. The number of anilines is 1. The summed E-state index contributed by atoms with van der Waals surface area (Å²) < 4.78 is 5.66. The predicted octanol–water partition coefficient (Wildman–Crippen LogP) is 2.69. The Morgan fingerprint density at radius 1 is 1.22 bits per heavy atom. The summed E-state index contributed by atoms with van der Waals surface area (Å²) in [6, 6.07) is 8.23. The normalized spacial score (nSPS) is 10.5. The number of rotatable bonds is 6. The number of benzene rings is 1. The van der Waals surface area contributed by atoms with Crippen molar-refractivity contribution < 1.29 is 4.74 Å². The highest BCUT2D eigenvalue weighted by Crippen LogP contribution is 2.15. The summed E-state index contributed by atoms with van der Waals surface area (Å²) >= 11 is 1.44. The van der Waals surface area contributed by atoms with Crippen molar-refractivity contribution in [3.8, 4) is 5.75 Å². The monoisotopic (exact) mass is 263 g/mol. The molecule has 1 aromatic heterocycles. The first kappa shape index (κ1) is 12.8. The van der Waals surface area contributed by atoms with Crippen LogP contribution in [0.5, 0.6) is 5.75 Å². The van der Waals surface area contributed by atoms with E-state index in [1.807, 2.05) is 12.1 Å². The summed E-state index contributed by atoms with van der Waals surface area (Å²) in [6.07, 6.45) is 2.84. The molecule has 18 heavy (non-hydrogen) atoms. The van der Waals surface area contributed by atoms with Crippen LogP contribution >= 0.6 is 11.3 Å². The van der Waals surface area contributed by atoms with Gasteiger partial charge in [-0.3, -0.25) is 0 Å². The van der Waals surface area contributed by atoms with Gasteiger partial charge < -0.3 is 10.5 Å². The minimum Gasteiger partial charge on any atom is -0.494 e. The molecular weight excluding hydrogens is 246 g/mol. The Morgan fingerprint density at radius 2 is 2.00 bits per heavy atom. The van der Waals surface area contributed by atoms with Crippen LogP contribution in [0.1, 0.15) is 23.9 Å². The first-order valence-electron chi connectivity index (χ1n) is 6.07. The molecule has 4 nitrogen and oxygen atoms in total. The van der Waals surface area contributed by atoms with Crippen LogP contribution in [-0.2, 0) is 12.8 Å². The Kier molecular flexibility index (Phi) is 4.52. The molecule has 1 heterocycles. The SMILES string of the molecule is CCc1ccc(OCCCc2nnc(N)s2)cc1. The molecule has 0 saturated carbocycles. The average molecular weight is 263 g/mol. The Hall–Kier alpha value is -1.62. The maximum Gasteiger partial charge on any atom is 0.203 e. The van der Waals surface area contributed by atoms with Crippen molar-refractivity contribution in [2.24, 2.45) is 0 Å². The van der Waals surface area contributed by atoms with Gasteiger partial charge in [0.2, 0.25) is 5.13 Å². The van der Waals surface area contributed by atoms with E-state index in [2.05, 4.69) is 29.3 Å². The number of aryl methyl sites for hydroxylation is 2. The molecule has 0 aliphatic carbocycles. The zero-order chi connectivity index (χ0) is 12.8. The van der Waals surface area contributed by atoms with Crippen LogP contribution in [0.2, 0.25) is 0 Å². The number of hydrogen-bond donors (Lipinski definition) is 1. The van der Waals surface area contributed by atoms with Crippen molar-refractivity contribution in [3.05, 3.63) is 34.8 Å². The van der Waals surface area contributed by atoms with E-state index < -0.39 is 0 Å². The molecule has 2 rings (SSSR count). The number of nitrogens with zero attached hydrogens (tertiary/aromatic N) is 2. The Bertz CT molecular complexity index is 481. The smallest absolute Gasteiger partial charge is 0.203 e. The molecule has 0 unspecified atom stereocenters. The Balaban J connectivity index is 1.71. The molecule has 5 heteroatoms. The van der Waals surface area contributed by atoms with Gasteiger partial charge in [-0.1, -0.05) is 30.4 Å². The van der Waals surface area contributed by atoms with Gasteiger partial charge in [-0.15, -0.1) is 10.2 Å². The number of aromatic nitrogens is 2. The van der Waals surface area contributed by atoms with Gasteiger partial charge in [-0.05, 0) is 30.5 Å². The summed E-state index contributed by atoms with van der Waals surface area (Å²) in [4.78, 5) is 0. The van der Waals surface area contributed by atoms with E-state index in [9.17, 15) is 0 Å². The van der Waals surface area contributed by atoms with E-state index in [0.717, 1.165) is 30.0 Å². The van der Waals surface area contributed by atoms with E-state index >= 15 is 0 Å². The van der Waals surface area contributed by atoms with Gasteiger partial charge in [0.25, 0.3) is 0 Å². The summed E-state index contributed by atoms with van der Waals surface area (Å²) in [5, 5.41) is 9.25. The lowest BCUT2D eigenvalue weighted by Gasteiger charge is -2.05. The Morgan fingerprint density at radius 3 is 2.61 bits per heavy atom. The molecule has 0 fully saturated rings. The second-order valence-corrected chi connectivity index (χ2v) is 5.08. The molecule has 96 valence electrons. The molecule has 0 spiro atoms. The van der Waals surface area contributed by atoms with Crippen molar-refractivity contribution in [2.75, 3.05) is 12.3 Å². The summed E-state index contributed by atoms with van der Waals surface area (Å²) in [7, 11) is 0. The van der Waals surface area contributed by atoms with Crippen LogP contribution in [0.3, 0.4) is 0 Å². The third-order valence-corrected chi connectivity index (χ3v) is 3.43. The molecule has 1 aromatic carbocycles. The van der Waals surface area contributed by atoms with Gasteiger partial charge in [0.15, 0.2) is 0 Å². The van der Waals surface area contributed by atoms with E-state index in [1.165, 1.54) is 16.9 Å². The fourth-order valence-corrected chi connectivity index (χ4v) is 2.25. The van der Waals surface area contributed by atoms with Crippen LogP contribution in [0.25, 0.3) is 0 Å². The molecule has 0 atom stereocenters. The van der Waals surface area contributed by atoms with Crippen molar-refractivity contribution in [1.29, 1.82) is 0 Å². The lowest BCUT2D eigenvalue weighted by atomic mass is 10.2. The predicted molar refractivity (Wildman–Crippen MR) is 74.0 cm³/mol. The highest BCUT2D eigenvalue weighted by Gasteiger charge is 2.01. The second kappa shape index (κ2) is 6.35. The van der Waals surface area contributed by atoms with E-state index in [1.54, 1.807) is 0 Å². The minimum absolute atomic E-state index is 0.529. The highest BCUT2D eigenvalue weighted by molar-refractivity contribution is 7.15. The Labute approximate surface area is 111 Å². The standard InChI is InChI=1S/C13H17N3OS/c1-2-10-5-7-11(8-6-10)17-9-3-4-12-15-16-13(14)18-12/h5-8H,2-4,9H2,1H3,(H2,14,16). The van der Waals surface area contributed by atoms with Crippen molar-refractivity contribution in [3.63, 3.8) is 0 Å². The largest absolute Gasteiger partial charge is 0.494 e. The van der Waals surface area contributed by atoms with Crippen LogP contribution in [-0.4, -0.2) is 16.8 Å². The highest BCUT2D eigenvalue weighted by atomic mass is 32.1. The van der Waals surface area contributed by atoms with Gasteiger partial charge >= 0.3 is 0 Å². The van der Waals surface area contributed by atoms with E-state index in [4.69, 9.17) is 10.5 Å². The molecule has 0 radical (unpaired) electrons. The summed E-state index contributed by atoms with van der Waals surface area (Å²) in [5.41, 5.74) is 6.84. The maximum absolute atomic E-state index is 5.66. The van der Waals surface area contributed by atoms with Crippen molar-refractivity contribution in [2.45, 2.75) is 26.2 Å². The summed E-state index contributed by atoms with van der Waals surface area (Å²) in [6.45, 7) is 2.83. The molecule has 0 saturated heterocycles. The molecule has 0 aliphatic rings. The molecule has 2 N–H and O–H groups in total. The second-order valence-electron chi connectivity index (χ2n) is 3.98. The van der Waals surface area contributed by atoms with Crippen molar-refractivity contribution >= 4 is 16.5 Å². The van der Waals surface area contributed by atoms with Gasteiger partial charge in [0.1, 0.15) is 10.8 Å². The van der Waals surface area contributed by atoms with Gasteiger partial charge in [0, 0.05) is 6.42 Å². The van der Waals surface area contributed by atoms with E-state index in [0.29, 0.717) is 11.7 Å². The minimum atomic E-state index is 0.529. The molecule has 2 aromatic rings. The van der Waals surface area contributed by atoms with Crippen molar-refractivity contribution in [1.82, 2.24) is 10.2 Å². The number of hydrogen-bond acceptors (Lipinski definition) is 5. The van der Waals surface area contributed by atoms with Crippen LogP contribution in [0.4, 0.5) is 5.13 Å². The van der Waals surface area contributed by atoms with Gasteiger partial charge in [-0.2, -0.15) is 0 Å². The summed E-state index contributed by atoms with van der Waals surface area (Å²) in [5.74, 6) is 0.920.